The van der Waals surface area contributed by atoms with E-state index >= 15 is 0 Å². The molecule has 17 heteroatoms. The highest BCUT2D eigenvalue weighted by molar-refractivity contribution is 5.62. The normalized spacial score (nSPS) is 15.6. The Labute approximate surface area is 125 Å². The molecule has 2 N–H and O–H groups in total. The minimum Gasteiger partial charge on any atom is -0.412 e. The van der Waals surface area contributed by atoms with Crippen LogP contribution in [0.2, 0.25) is 0 Å². The highest BCUT2D eigenvalue weighted by atomic mass is 19.4. The van der Waals surface area contributed by atoms with Crippen LogP contribution in [-0.4, -0.2) is 53.5 Å². The third kappa shape index (κ3) is 3.10. The van der Waals surface area contributed by atoms with E-state index < -0.39 is 48.0 Å². The molecule has 0 atom stereocenters. The topological polar surface area (TPSA) is 48.6 Å². The zero-order valence-electron chi connectivity index (χ0n) is 10.7. The van der Waals surface area contributed by atoms with Crippen molar-refractivity contribution in [2.45, 2.75) is 41.7 Å². The lowest BCUT2D eigenvalue weighted by molar-refractivity contribution is -0.449. The predicted molar refractivity (Wildman–Crippen MR) is 45.4 cm³/mol. The molecule has 0 aromatic rings. The second-order valence-electron chi connectivity index (χ2n) is 4.11. The average Bonchev–Trinajstić information content (AvgIpc) is 2.36. The van der Waals surface area contributed by atoms with E-state index in [-0.39, 0.29) is 5.48 Å². The van der Waals surface area contributed by atoms with Crippen LogP contribution in [0, 0.1) is 0 Å². The van der Waals surface area contributed by atoms with Crippen molar-refractivity contribution >= 4 is 6.29 Å². The maximum absolute atomic E-state index is 12.8. The first-order valence-corrected chi connectivity index (χ1v) is 4.86. The van der Waals surface area contributed by atoms with Crippen LogP contribution in [0.25, 0.3) is 0 Å². The van der Waals surface area contributed by atoms with Gasteiger partial charge in [-0.2, -0.15) is 65.9 Å². The molecule has 0 aliphatic rings. The fraction of sp³-hybridized carbons (Fsp3) is 0.875. The lowest BCUT2D eigenvalue weighted by Gasteiger charge is -2.40. The highest BCUT2D eigenvalue weighted by Crippen LogP contribution is 2.62. The van der Waals surface area contributed by atoms with Gasteiger partial charge in [0.2, 0.25) is 0 Å². The Morgan fingerprint density at radius 3 is 0.920 bits per heavy atom. The summed E-state index contributed by atoms with van der Waals surface area (Å²) >= 11 is 0. The molecule has 0 saturated carbocycles. The van der Waals surface area contributed by atoms with Crippen molar-refractivity contribution in [3.05, 3.63) is 0 Å². The number of aldehydes is 1. The quantitative estimate of drug-likeness (QED) is 0.481. The number of hydrogen-bond donors (Lipinski definition) is 0. The fourth-order valence-corrected chi connectivity index (χ4v) is 1.05. The molecule has 0 fully saturated rings. The Morgan fingerprint density at radius 1 is 0.440 bits per heavy atom. The van der Waals surface area contributed by atoms with Crippen LogP contribution in [0.15, 0.2) is 0 Å². The van der Waals surface area contributed by atoms with Gasteiger partial charge in [-0.25, -0.2) is 0 Å². The van der Waals surface area contributed by atoms with E-state index in [0.717, 1.165) is 0 Å². The maximum Gasteiger partial charge on any atom is 0.460 e. The molecule has 0 amide bonds. The van der Waals surface area contributed by atoms with Gasteiger partial charge in [0.05, 0.1) is 0 Å². The van der Waals surface area contributed by atoms with Gasteiger partial charge >= 0.3 is 41.7 Å². The average molecular weight is 416 g/mol. The van der Waals surface area contributed by atoms with Crippen LogP contribution in [0.5, 0.6) is 0 Å². The molecule has 0 saturated heterocycles. The van der Waals surface area contributed by atoms with Crippen LogP contribution in [0.1, 0.15) is 0 Å². The molecule has 2 nitrogen and oxygen atoms in total. The largest absolute Gasteiger partial charge is 0.460 e. The zero-order valence-corrected chi connectivity index (χ0v) is 10.7. The summed E-state index contributed by atoms with van der Waals surface area (Å²) < 4.78 is 186. The summed E-state index contributed by atoms with van der Waals surface area (Å²) in [6.07, 6.45) is -10.0. The first kappa shape index (κ1) is 25.8. The lowest BCUT2D eigenvalue weighted by atomic mass is 9.91. The van der Waals surface area contributed by atoms with Gasteiger partial charge in [-0.3, -0.25) is 4.79 Å². The van der Waals surface area contributed by atoms with Crippen molar-refractivity contribution in [3.63, 3.8) is 0 Å². The van der Waals surface area contributed by atoms with E-state index in [1.807, 2.05) is 0 Å². The van der Waals surface area contributed by atoms with E-state index in [0.29, 0.717) is 0 Å². The molecule has 0 aromatic heterocycles. The third-order valence-electron chi connectivity index (χ3n) is 2.50. The Bertz CT molecular complexity index is 490. The molecule has 0 aliphatic heterocycles. The smallest absolute Gasteiger partial charge is 0.412 e. The third-order valence-corrected chi connectivity index (χ3v) is 2.50. The standard InChI is InChI=1S/C8HF15O.H2O/c9-2(10,1-24)3(11,12)4(13,14)5(15,16)6(17,18)7(19,20)8(21,22)23;/h1H;1H2. The number of carbonyl (C=O) groups excluding carboxylic acids is 1. The van der Waals surface area contributed by atoms with Crippen molar-refractivity contribution in [2.24, 2.45) is 0 Å². The van der Waals surface area contributed by atoms with Gasteiger partial charge in [-0.05, 0) is 0 Å². The number of alkyl halides is 15. The predicted octanol–water partition coefficient (Wildman–Crippen LogP) is 3.73. The Hall–Kier alpha value is -1.42. The second kappa shape index (κ2) is 6.08. The maximum atomic E-state index is 12.8. The number of halogens is 15. The molecule has 0 rings (SSSR count). The van der Waals surface area contributed by atoms with E-state index in [2.05, 4.69) is 0 Å². The van der Waals surface area contributed by atoms with Gasteiger partial charge in [-0.1, -0.05) is 0 Å². The summed E-state index contributed by atoms with van der Waals surface area (Å²) in [5.74, 6) is -47.4. The highest BCUT2D eigenvalue weighted by Gasteiger charge is 2.93. The first-order valence-electron chi connectivity index (χ1n) is 4.86. The molecule has 0 unspecified atom stereocenters. The van der Waals surface area contributed by atoms with E-state index in [9.17, 15) is 70.7 Å². The zero-order chi connectivity index (χ0) is 20.2. The van der Waals surface area contributed by atoms with Crippen LogP contribution in [0.3, 0.4) is 0 Å². The Balaban J connectivity index is 0. The molecule has 0 radical (unpaired) electrons. The molecular formula is C8H3F15O2. The van der Waals surface area contributed by atoms with Crippen molar-refractivity contribution in [1.82, 2.24) is 0 Å². The molecule has 0 spiro atoms. The summed E-state index contributed by atoms with van der Waals surface area (Å²) in [5, 5.41) is 0. The molecular weight excluding hydrogens is 413 g/mol. The number of carbonyl (C=O) groups is 1. The van der Waals surface area contributed by atoms with Gasteiger partial charge in [0, 0.05) is 0 Å². The van der Waals surface area contributed by atoms with Gasteiger partial charge in [0.25, 0.3) is 0 Å². The molecule has 152 valence electrons. The van der Waals surface area contributed by atoms with Crippen LogP contribution in [-0.2, 0) is 4.79 Å². The van der Waals surface area contributed by atoms with E-state index in [1.165, 1.54) is 0 Å². The molecule has 0 heterocycles. The minimum absolute atomic E-state index is 0. The number of rotatable bonds is 6. The van der Waals surface area contributed by atoms with E-state index in [4.69, 9.17) is 0 Å². The Morgan fingerprint density at radius 2 is 0.680 bits per heavy atom. The van der Waals surface area contributed by atoms with Crippen LogP contribution >= 0.6 is 0 Å². The molecule has 0 bridgehead atoms. The molecule has 0 aromatic carbocycles. The van der Waals surface area contributed by atoms with Crippen molar-refractivity contribution in [2.75, 3.05) is 0 Å². The second-order valence-corrected chi connectivity index (χ2v) is 4.11. The van der Waals surface area contributed by atoms with Crippen LogP contribution < -0.4 is 0 Å². The lowest BCUT2D eigenvalue weighted by Crippen LogP contribution is -2.72. The van der Waals surface area contributed by atoms with Crippen molar-refractivity contribution in [1.29, 1.82) is 0 Å². The Kier molecular flexibility index (Phi) is 6.28. The minimum atomic E-state index is -8.35. The van der Waals surface area contributed by atoms with Gasteiger partial charge in [0.15, 0.2) is 6.29 Å². The van der Waals surface area contributed by atoms with Gasteiger partial charge in [0.1, 0.15) is 0 Å². The first-order chi connectivity index (χ1) is 10.1. The molecule has 25 heavy (non-hydrogen) atoms. The van der Waals surface area contributed by atoms with E-state index in [1.54, 1.807) is 0 Å². The molecule has 0 aliphatic carbocycles. The van der Waals surface area contributed by atoms with Gasteiger partial charge in [-0.15, -0.1) is 0 Å². The SMILES string of the molecule is O.O=CC(F)(F)C(F)(F)C(F)(F)C(F)(F)C(F)(F)C(F)(F)C(F)(F)F. The van der Waals surface area contributed by atoms with Gasteiger partial charge < -0.3 is 5.48 Å². The summed E-state index contributed by atoms with van der Waals surface area (Å²) in [4.78, 5) is 9.53. The van der Waals surface area contributed by atoms with Crippen molar-refractivity contribution in [3.8, 4) is 0 Å². The monoisotopic (exact) mass is 416 g/mol. The fourth-order valence-electron chi connectivity index (χ4n) is 1.05. The summed E-state index contributed by atoms with van der Waals surface area (Å²) in [5.41, 5.74) is 0. The number of hydrogen-bond acceptors (Lipinski definition) is 1. The van der Waals surface area contributed by atoms with Crippen molar-refractivity contribution < 1.29 is 76.1 Å². The summed E-state index contributed by atoms with van der Waals surface area (Å²) in [6, 6.07) is 0. The van der Waals surface area contributed by atoms with Crippen LogP contribution in [0.4, 0.5) is 65.9 Å². The summed E-state index contributed by atoms with van der Waals surface area (Å²) in [7, 11) is 0. The summed E-state index contributed by atoms with van der Waals surface area (Å²) in [6.45, 7) is 0.